The van der Waals surface area contributed by atoms with Crippen LogP contribution >= 0.6 is 0 Å². The summed E-state index contributed by atoms with van der Waals surface area (Å²) in [6.45, 7) is 0. The zero-order valence-electron chi connectivity index (χ0n) is 10.4. The summed E-state index contributed by atoms with van der Waals surface area (Å²) in [5.74, 6) is 0.0708. The van der Waals surface area contributed by atoms with Gasteiger partial charge in [-0.25, -0.2) is 15.0 Å². The number of pyridine rings is 3. The van der Waals surface area contributed by atoms with E-state index in [4.69, 9.17) is 0 Å². The van der Waals surface area contributed by atoms with Gasteiger partial charge in [0.15, 0.2) is 11.5 Å². The second kappa shape index (κ2) is 4.03. The molecule has 4 aromatic rings. The van der Waals surface area contributed by atoms with Gasteiger partial charge < -0.3 is 10.1 Å². The minimum Gasteiger partial charge on any atom is -0.494 e. The molecule has 0 aliphatic heterocycles. The first kappa shape index (κ1) is 10.9. The van der Waals surface area contributed by atoms with Gasteiger partial charge in [0.25, 0.3) is 0 Å². The van der Waals surface area contributed by atoms with E-state index in [1.807, 2.05) is 36.4 Å². The fraction of sp³-hybridized carbons (Fsp3) is 0. The summed E-state index contributed by atoms with van der Waals surface area (Å²) in [6, 6.07) is 11.4. The highest BCUT2D eigenvalue weighted by Crippen LogP contribution is 2.34. The largest absolute Gasteiger partial charge is 0.494 e. The molecule has 0 saturated carbocycles. The van der Waals surface area contributed by atoms with Gasteiger partial charge in [0.05, 0.1) is 11.3 Å². The topological polar surface area (TPSA) is 74.7 Å². The van der Waals surface area contributed by atoms with Gasteiger partial charge in [-0.3, -0.25) is 0 Å². The van der Waals surface area contributed by atoms with Crippen LogP contribution in [0.2, 0.25) is 0 Å². The fourth-order valence-electron chi connectivity index (χ4n) is 2.36. The lowest BCUT2D eigenvalue weighted by molar-refractivity contribution is 0.460. The standard InChI is InChI=1S/C15H10N4O/c20-15-12(10-4-2-8-17-14(10)19-15)11-6-5-9-3-1-7-16-13(9)18-11/h1-8,20H,(H,17,19). The van der Waals surface area contributed by atoms with Crippen LogP contribution in [0.15, 0.2) is 48.8 Å². The molecule has 0 radical (unpaired) electrons. The summed E-state index contributed by atoms with van der Waals surface area (Å²) >= 11 is 0. The van der Waals surface area contributed by atoms with Gasteiger partial charge in [0.2, 0.25) is 0 Å². The first-order valence-electron chi connectivity index (χ1n) is 6.21. The van der Waals surface area contributed by atoms with E-state index in [-0.39, 0.29) is 5.88 Å². The van der Waals surface area contributed by atoms with Gasteiger partial charge in [0, 0.05) is 23.2 Å². The minimum absolute atomic E-state index is 0.0708. The summed E-state index contributed by atoms with van der Waals surface area (Å²) < 4.78 is 0. The Morgan fingerprint density at radius 2 is 1.80 bits per heavy atom. The molecular formula is C15H10N4O. The summed E-state index contributed by atoms with van der Waals surface area (Å²) in [4.78, 5) is 15.8. The van der Waals surface area contributed by atoms with Crippen LogP contribution < -0.4 is 0 Å². The number of fused-ring (bicyclic) bond motifs is 2. The Kier molecular flexibility index (Phi) is 2.20. The Labute approximate surface area is 114 Å². The second-order valence-electron chi connectivity index (χ2n) is 4.49. The number of aromatic amines is 1. The molecule has 5 heteroatoms. The van der Waals surface area contributed by atoms with Crippen LogP contribution in [0.1, 0.15) is 0 Å². The van der Waals surface area contributed by atoms with Crippen LogP contribution in [0.4, 0.5) is 0 Å². The lowest BCUT2D eigenvalue weighted by Gasteiger charge is -2.02. The highest BCUT2D eigenvalue weighted by molar-refractivity contribution is 5.97. The van der Waals surface area contributed by atoms with Crippen molar-refractivity contribution in [2.24, 2.45) is 0 Å². The number of H-pyrrole nitrogens is 1. The van der Waals surface area contributed by atoms with E-state index < -0.39 is 0 Å². The Morgan fingerprint density at radius 1 is 0.950 bits per heavy atom. The van der Waals surface area contributed by atoms with Crippen molar-refractivity contribution >= 4 is 22.1 Å². The third-order valence-corrected chi connectivity index (χ3v) is 3.27. The van der Waals surface area contributed by atoms with Crippen LogP contribution in [0, 0.1) is 0 Å². The third kappa shape index (κ3) is 1.53. The molecule has 0 atom stereocenters. The summed E-state index contributed by atoms with van der Waals surface area (Å²) in [7, 11) is 0. The van der Waals surface area contributed by atoms with Crippen LogP contribution in [-0.4, -0.2) is 25.0 Å². The molecule has 0 amide bonds. The first-order chi connectivity index (χ1) is 9.83. The minimum atomic E-state index is 0.0708. The van der Waals surface area contributed by atoms with E-state index in [1.54, 1.807) is 12.4 Å². The number of hydrogen-bond donors (Lipinski definition) is 2. The number of aromatic hydroxyl groups is 1. The predicted octanol–water partition coefficient (Wildman–Crippen LogP) is 2.88. The van der Waals surface area contributed by atoms with E-state index in [1.165, 1.54) is 0 Å². The number of nitrogens with one attached hydrogen (secondary N) is 1. The summed E-state index contributed by atoms with van der Waals surface area (Å²) in [6.07, 6.45) is 3.38. The normalized spacial score (nSPS) is 11.2. The highest BCUT2D eigenvalue weighted by atomic mass is 16.3. The first-order valence-corrected chi connectivity index (χ1v) is 6.21. The van der Waals surface area contributed by atoms with E-state index >= 15 is 0 Å². The maximum atomic E-state index is 10.1. The second-order valence-corrected chi connectivity index (χ2v) is 4.49. The lowest BCUT2D eigenvalue weighted by atomic mass is 10.1. The zero-order chi connectivity index (χ0) is 13.5. The molecule has 0 spiro atoms. The molecule has 4 rings (SSSR count). The number of hydrogen-bond acceptors (Lipinski definition) is 4. The summed E-state index contributed by atoms with van der Waals surface area (Å²) in [5, 5.41) is 11.9. The van der Waals surface area contributed by atoms with Crippen molar-refractivity contribution < 1.29 is 5.11 Å². The smallest absolute Gasteiger partial charge is 0.200 e. The van der Waals surface area contributed by atoms with E-state index in [9.17, 15) is 5.11 Å². The molecular weight excluding hydrogens is 252 g/mol. The number of rotatable bonds is 1. The van der Waals surface area contributed by atoms with E-state index in [0.717, 1.165) is 10.8 Å². The van der Waals surface area contributed by atoms with Gasteiger partial charge in [-0.2, -0.15) is 0 Å². The maximum absolute atomic E-state index is 10.1. The van der Waals surface area contributed by atoms with Crippen molar-refractivity contribution in [1.82, 2.24) is 19.9 Å². The average molecular weight is 262 g/mol. The quantitative estimate of drug-likeness (QED) is 0.553. The molecule has 20 heavy (non-hydrogen) atoms. The molecule has 96 valence electrons. The van der Waals surface area contributed by atoms with E-state index in [0.29, 0.717) is 22.6 Å². The highest BCUT2D eigenvalue weighted by Gasteiger charge is 2.14. The molecule has 4 heterocycles. The van der Waals surface area contributed by atoms with Gasteiger partial charge in [-0.05, 0) is 36.4 Å². The third-order valence-electron chi connectivity index (χ3n) is 3.27. The van der Waals surface area contributed by atoms with Gasteiger partial charge in [0.1, 0.15) is 5.65 Å². The van der Waals surface area contributed by atoms with Crippen molar-refractivity contribution in [3.8, 4) is 17.1 Å². The van der Waals surface area contributed by atoms with Crippen molar-refractivity contribution in [3.05, 3.63) is 48.8 Å². The Balaban J connectivity index is 2.03. The SMILES string of the molecule is Oc1[nH]c2ncccc2c1-c1ccc2cccnc2n1. The Morgan fingerprint density at radius 3 is 2.75 bits per heavy atom. The molecule has 2 N–H and O–H groups in total. The van der Waals surface area contributed by atoms with E-state index in [2.05, 4.69) is 19.9 Å². The van der Waals surface area contributed by atoms with Crippen LogP contribution in [0.25, 0.3) is 33.3 Å². The van der Waals surface area contributed by atoms with Crippen molar-refractivity contribution in [2.75, 3.05) is 0 Å². The monoisotopic (exact) mass is 262 g/mol. The van der Waals surface area contributed by atoms with Gasteiger partial charge in [-0.1, -0.05) is 0 Å². The van der Waals surface area contributed by atoms with Crippen molar-refractivity contribution in [1.29, 1.82) is 0 Å². The molecule has 0 saturated heterocycles. The predicted molar refractivity (Wildman–Crippen MR) is 76.3 cm³/mol. The number of nitrogens with zero attached hydrogens (tertiary/aromatic N) is 3. The molecule has 0 bridgehead atoms. The maximum Gasteiger partial charge on any atom is 0.200 e. The zero-order valence-corrected chi connectivity index (χ0v) is 10.4. The molecule has 0 aliphatic carbocycles. The van der Waals surface area contributed by atoms with Crippen LogP contribution in [0.5, 0.6) is 5.88 Å². The molecule has 0 aromatic carbocycles. The van der Waals surface area contributed by atoms with Crippen LogP contribution in [-0.2, 0) is 0 Å². The lowest BCUT2D eigenvalue weighted by Crippen LogP contribution is -1.87. The molecule has 0 unspecified atom stereocenters. The summed E-state index contributed by atoms with van der Waals surface area (Å²) in [5.41, 5.74) is 2.62. The Bertz CT molecular complexity index is 929. The Hall–Kier alpha value is -2.95. The number of aromatic nitrogens is 4. The fourth-order valence-corrected chi connectivity index (χ4v) is 2.36. The molecule has 5 nitrogen and oxygen atoms in total. The molecule has 4 aromatic heterocycles. The van der Waals surface area contributed by atoms with Gasteiger partial charge in [-0.15, -0.1) is 0 Å². The van der Waals surface area contributed by atoms with Gasteiger partial charge >= 0.3 is 0 Å². The van der Waals surface area contributed by atoms with Crippen molar-refractivity contribution in [3.63, 3.8) is 0 Å². The average Bonchev–Trinajstić information content (AvgIpc) is 2.82. The molecule has 0 aliphatic rings. The molecule has 0 fully saturated rings. The van der Waals surface area contributed by atoms with Crippen molar-refractivity contribution in [2.45, 2.75) is 0 Å². The van der Waals surface area contributed by atoms with Crippen LogP contribution in [0.3, 0.4) is 0 Å².